The molecule has 0 spiro atoms. The van der Waals surface area contributed by atoms with Crippen molar-refractivity contribution in [2.45, 2.75) is 44.7 Å². The van der Waals surface area contributed by atoms with Gasteiger partial charge in [-0.2, -0.15) is 5.10 Å². The average molecular weight is 342 g/mol. The summed E-state index contributed by atoms with van der Waals surface area (Å²) >= 11 is 0. The van der Waals surface area contributed by atoms with E-state index in [1.165, 1.54) is 12.1 Å². The summed E-state index contributed by atoms with van der Waals surface area (Å²) in [6.45, 7) is 4.02. The van der Waals surface area contributed by atoms with Crippen LogP contribution in [0.1, 0.15) is 37.3 Å². The highest BCUT2D eigenvalue weighted by molar-refractivity contribution is 5.75. The maximum atomic E-state index is 12.4. The van der Waals surface area contributed by atoms with E-state index in [0.717, 1.165) is 45.4 Å². The van der Waals surface area contributed by atoms with Crippen LogP contribution in [0.3, 0.4) is 0 Å². The molecule has 0 bridgehead atoms. The molecule has 2 aromatic heterocycles. The van der Waals surface area contributed by atoms with Crippen LogP contribution in [0, 0.1) is 5.41 Å². The lowest BCUT2D eigenvalue weighted by atomic mass is 9.96. The highest BCUT2D eigenvalue weighted by atomic mass is 16.2. The van der Waals surface area contributed by atoms with Gasteiger partial charge in [0.1, 0.15) is 6.54 Å². The lowest BCUT2D eigenvalue weighted by molar-refractivity contribution is -0.122. The quantitative estimate of drug-likeness (QED) is 0.791. The van der Waals surface area contributed by atoms with Crippen molar-refractivity contribution in [1.82, 2.24) is 30.0 Å². The molecule has 1 amide bonds. The van der Waals surface area contributed by atoms with E-state index in [4.69, 9.17) is 0 Å². The summed E-state index contributed by atoms with van der Waals surface area (Å²) in [6.07, 6.45) is 12.1. The third-order valence-electron chi connectivity index (χ3n) is 5.45. The van der Waals surface area contributed by atoms with E-state index in [9.17, 15) is 4.79 Å². The summed E-state index contributed by atoms with van der Waals surface area (Å²) in [5.74, 6) is 0.505. The van der Waals surface area contributed by atoms with Crippen LogP contribution >= 0.6 is 0 Å². The van der Waals surface area contributed by atoms with Crippen molar-refractivity contribution in [2.75, 3.05) is 19.6 Å². The summed E-state index contributed by atoms with van der Waals surface area (Å²) in [4.78, 5) is 16.5. The van der Waals surface area contributed by atoms with Gasteiger partial charge in [-0.25, -0.2) is 4.98 Å². The monoisotopic (exact) mass is 342 g/mol. The maximum absolute atomic E-state index is 12.4. The zero-order chi connectivity index (χ0) is 17.1. The number of amides is 1. The Balaban J connectivity index is 1.30. The average Bonchev–Trinajstić information content (AvgIpc) is 3.00. The molecular weight excluding hydrogens is 316 g/mol. The number of rotatable bonds is 7. The molecule has 134 valence electrons. The second-order valence-electron chi connectivity index (χ2n) is 7.47. The zero-order valence-electron chi connectivity index (χ0n) is 14.5. The molecule has 1 saturated heterocycles. The Kier molecular flexibility index (Phi) is 4.57. The van der Waals surface area contributed by atoms with Crippen molar-refractivity contribution in [3.63, 3.8) is 0 Å². The van der Waals surface area contributed by atoms with Gasteiger partial charge in [-0.15, -0.1) is 0 Å². The first-order valence-corrected chi connectivity index (χ1v) is 9.19. The second-order valence-corrected chi connectivity index (χ2v) is 7.47. The van der Waals surface area contributed by atoms with E-state index in [-0.39, 0.29) is 11.3 Å². The van der Waals surface area contributed by atoms with Crippen molar-refractivity contribution in [1.29, 1.82) is 0 Å². The first-order valence-electron chi connectivity index (χ1n) is 9.19. The van der Waals surface area contributed by atoms with Crippen molar-refractivity contribution in [3.8, 4) is 0 Å². The third kappa shape index (κ3) is 3.92. The Bertz CT molecular complexity index is 697. The number of hydrogen-bond donors (Lipinski definition) is 2. The van der Waals surface area contributed by atoms with E-state index in [0.29, 0.717) is 12.5 Å². The molecule has 7 nitrogen and oxygen atoms in total. The Hall–Kier alpha value is -2.15. The summed E-state index contributed by atoms with van der Waals surface area (Å²) in [6, 6.07) is 2.05. The van der Waals surface area contributed by atoms with Crippen LogP contribution in [0.15, 0.2) is 31.0 Å². The number of carbonyl (C=O) groups is 1. The fraction of sp³-hybridized carbons (Fsp3) is 0.611. The van der Waals surface area contributed by atoms with Gasteiger partial charge in [0.15, 0.2) is 0 Å². The molecule has 2 N–H and O–H groups in total. The van der Waals surface area contributed by atoms with Crippen molar-refractivity contribution in [3.05, 3.63) is 36.7 Å². The Morgan fingerprint density at radius 1 is 1.40 bits per heavy atom. The summed E-state index contributed by atoms with van der Waals surface area (Å²) in [5.41, 5.74) is 1.37. The van der Waals surface area contributed by atoms with Crippen LogP contribution in [0.25, 0.3) is 0 Å². The van der Waals surface area contributed by atoms with Crippen molar-refractivity contribution < 1.29 is 4.79 Å². The molecular formula is C18H26N6O. The fourth-order valence-corrected chi connectivity index (χ4v) is 3.74. The standard InChI is InChI=1S/C18H26N6O/c25-17(21-12-18(4-5-18)13-23-9-8-20-14-23)11-24-16(3-7-22-24)15-2-1-6-19-10-15/h3,7-9,14-15,19H,1-2,4-6,10-13H2,(H,21,25). The van der Waals surface area contributed by atoms with Gasteiger partial charge in [-0.3, -0.25) is 9.48 Å². The van der Waals surface area contributed by atoms with Gasteiger partial charge in [-0.05, 0) is 38.3 Å². The Labute approximate surface area is 147 Å². The summed E-state index contributed by atoms with van der Waals surface area (Å²) in [5, 5.41) is 10.9. The summed E-state index contributed by atoms with van der Waals surface area (Å²) < 4.78 is 3.96. The molecule has 2 aliphatic rings. The number of nitrogens with zero attached hydrogens (tertiary/aromatic N) is 4. The molecule has 0 aromatic carbocycles. The van der Waals surface area contributed by atoms with E-state index in [2.05, 4.69) is 25.3 Å². The first-order chi connectivity index (χ1) is 12.2. The SMILES string of the molecule is O=C(Cn1nccc1C1CCCNC1)NCC1(Cn2ccnc2)CC1. The fourth-order valence-electron chi connectivity index (χ4n) is 3.74. The largest absolute Gasteiger partial charge is 0.354 e. The van der Waals surface area contributed by atoms with Gasteiger partial charge in [0.2, 0.25) is 5.91 Å². The van der Waals surface area contributed by atoms with E-state index >= 15 is 0 Å². The van der Waals surface area contributed by atoms with Gasteiger partial charge in [0, 0.05) is 55.3 Å². The molecule has 1 aliphatic carbocycles. The first kappa shape index (κ1) is 16.3. The van der Waals surface area contributed by atoms with Crippen LogP contribution in [0.5, 0.6) is 0 Å². The van der Waals surface area contributed by atoms with Gasteiger partial charge in [-0.1, -0.05) is 0 Å². The number of carbonyl (C=O) groups excluding carboxylic acids is 1. The van der Waals surface area contributed by atoms with Gasteiger partial charge in [0.25, 0.3) is 0 Å². The number of aromatic nitrogens is 4. The molecule has 7 heteroatoms. The number of hydrogen-bond acceptors (Lipinski definition) is 4. The van der Waals surface area contributed by atoms with Gasteiger partial charge < -0.3 is 15.2 Å². The Morgan fingerprint density at radius 3 is 3.04 bits per heavy atom. The highest BCUT2D eigenvalue weighted by Crippen LogP contribution is 2.46. The topological polar surface area (TPSA) is 76.8 Å². The van der Waals surface area contributed by atoms with Gasteiger partial charge in [0.05, 0.1) is 6.33 Å². The van der Waals surface area contributed by atoms with Crippen LogP contribution < -0.4 is 10.6 Å². The Morgan fingerprint density at radius 2 is 2.32 bits per heavy atom. The van der Waals surface area contributed by atoms with Crippen molar-refractivity contribution in [2.24, 2.45) is 5.41 Å². The molecule has 1 aliphatic heterocycles. The number of nitrogens with one attached hydrogen (secondary N) is 2. The molecule has 2 fully saturated rings. The van der Waals surface area contributed by atoms with Crippen LogP contribution in [-0.2, 0) is 17.9 Å². The minimum atomic E-state index is 0.0469. The molecule has 1 unspecified atom stereocenters. The number of piperidine rings is 1. The number of imidazole rings is 1. The molecule has 3 heterocycles. The lowest BCUT2D eigenvalue weighted by Crippen LogP contribution is -2.36. The molecule has 1 atom stereocenters. The van der Waals surface area contributed by atoms with Crippen LogP contribution in [0.2, 0.25) is 0 Å². The molecule has 25 heavy (non-hydrogen) atoms. The molecule has 0 radical (unpaired) electrons. The molecule has 4 rings (SSSR count). The normalized spacial score (nSPS) is 21.8. The predicted octanol–water partition coefficient (Wildman–Crippen LogP) is 1.14. The zero-order valence-corrected chi connectivity index (χ0v) is 14.5. The maximum Gasteiger partial charge on any atom is 0.241 e. The minimum absolute atomic E-state index is 0.0469. The molecule has 1 saturated carbocycles. The van der Waals surface area contributed by atoms with E-state index < -0.39 is 0 Å². The van der Waals surface area contributed by atoms with E-state index in [1.807, 2.05) is 23.3 Å². The predicted molar refractivity (Wildman–Crippen MR) is 94.0 cm³/mol. The molecule has 2 aromatic rings. The van der Waals surface area contributed by atoms with Crippen molar-refractivity contribution >= 4 is 5.91 Å². The highest BCUT2D eigenvalue weighted by Gasteiger charge is 2.43. The second kappa shape index (κ2) is 7.00. The minimum Gasteiger partial charge on any atom is -0.354 e. The summed E-state index contributed by atoms with van der Waals surface area (Å²) in [7, 11) is 0. The van der Waals surface area contributed by atoms with E-state index in [1.54, 1.807) is 12.4 Å². The van der Waals surface area contributed by atoms with Crippen LogP contribution in [-0.4, -0.2) is 44.9 Å². The van der Waals surface area contributed by atoms with Crippen LogP contribution in [0.4, 0.5) is 0 Å². The third-order valence-corrected chi connectivity index (χ3v) is 5.45. The smallest absolute Gasteiger partial charge is 0.241 e. The van der Waals surface area contributed by atoms with Gasteiger partial charge >= 0.3 is 0 Å². The lowest BCUT2D eigenvalue weighted by Gasteiger charge is -2.23.